The first-order valence-electron chi connectivity index (χ1n) is 6.50. The molecule has 2 aromatic rings. The molecule has 0 radical (unpaired) electrons. The number of anilines is 1. The Hall–Kier alpha value is -2.94. The van der Waals surface area contributed by atoms with Crippen molar-refractivity contribution in [3.63, 3.8) is 0 Å². The second-order valence-corrected chi connectivity index (χ2v) is 4.94. The van der Waals surface area contributed by atoms with E-state index < -0.39 is 23.2 Å². The minimum Gasteiger partial charge on any atom is -0.353 e. The fourth-order valence-electron chi connectivity index (χ4n) is 1.53. The number of nitrogens with one attached hydrogen (secondary N) is 4. The fourth-order valence-corrected chi connectivity index (χ4v) is 1.66. The summed E-state index contributed by atoms with van der Waals surface area (Å²) in [5.41, 5.74) is 1.62. The molecule has 0 aliphatic carbocycles. The van der Waals surface area contributed by atoms with E-state index in [9.17, 15) is 14.4 Å². The number of amides is 1. The van der Waals surface area contributed by atoms with E-state index in [2.05, 4.69) is 26.0 Å². The van der Waals surface area contributed by atoms with Gasteiger partial charge < -0.3 is 5.32 Å². The van der Waals surface area contributed by atoms with Gasteiger partial charge in [-0.1, -0.05) is 23.7 Å². The largest absolute Gasteiger partial charge is 0.353 e. The zero-order valence-corrected chi connectivity index (χ0v) is 12.7. The van der Waals surface area contributed by atoms with Crippen molar-refractivity contribution in [3.05, 3.63) is 55.7 Å². The molecule has 0 saturated carbocycles. The number of hydrogen-bond acceptors (Lipinski definition) is 6. The lowest BCUT2D eigenvalue weighted by atomic mass is 10.2. The Morgan fingerprint density at radius 1 is 1.35 bits per heavy atom. The van der Waals surface area contributed by atoms with Crippen LogP contribution in [0.25, 0.3) is 0 Å². The summed E-state index contributed by atoms with van der Waals surface area (Å²) >= 11 is 5.76. The standard InChI is InChI=1S/C13H13ClN6O3/c1-7(16-10-12(22)17-13(23)20-18-10)11(21)19-15-6-8-2-4-9(14)5-3-8/h2-7H,1H3,(H,16,18)(H,19,21)(H2,17,20,22,23)/b15-6-/t7-/m0/s1. The Bertz CT molecular complexity index is 827. The molecule has 23 heavy (non-hydrogen) atoms. The summed E-state index contributed by atoms with van der Waals surface area (Å²) < 4.78 is 0. The number of hydrogen-bond donors (Lipinski definition) is 4. The van der Waals surface area contributed by atoms with Crippen molar-refractivity contribution in [3.8, 4) is 0 Å². The molecule has 1 aromatic heterocycles. The highest BCUT2D eigenvalue weighted by molar-refractivity contribution is 6.30. The molecule has 1 aromatic carbocycles. The van der Waals surface area contributed by atoms with Crippen LogP contribution in [0.15, 0.2) is 39.0 Å². The van der Waals surface area contributed by atoms with E-state index in [1.807, 2.05) is 4.98 Å². The van der Waals surface area contributed by atoms with Gasteiger partial charge in [-0.05, 0) is 24.6 Å². The van der Waals surface area contributed by atoms with Crippen LogP contribution in [-0.4, -0.2) is 33.3 Å². The molecule has 0 fully saturated rings. The Kier molecular flexibility index (Phi) is 5.26. The number of carbonyl (C=O) groups is 1. The summed E-state index contributed by atoms with van der Waals surface area (Å²) in [6.45, 7) is 1.51. The molecule has 10 heteroatoms. The van der Waals surface area contributed by atoms with Crippen LogP contribution in [0.4, 0.5) is 5.82 Å². The predicted octanol–water partition coefficient (Wildman–Crippen LogP) is 0.0623. The van der Waals surface area contributed by atoms with Gasteiger partial charge in [0.05, 0.1) is 6.21 Å². The van der Waals surface area contributed by atoms with Crippen molar-refractivity contribution in [2.75, 3.05) is 5.32 Å². The van der Waals surface area contributed by atoms with Gasteiger partial charge in [0, 0.05) is 5.02 Å². The van der Waals surface area contributed by atoms with Gasteiger partial charge in [-0.25, -0.2) is 15.3 Å². The van der Waals surface area contributed by atoms with Gasteiger partial charge in [-0.2, -0.15) is 5.10 Å². The van der Waals surface area contributed by atoms with Gasteiger partial charge in [0.2, 0.25) is 5.82 Å². The van der Waals surface area contributed by atoms with E-state index in [0.29, 0.717) is 5.02 Å². The van der Waals surface area contributed by atoms with E-state index in [0.717, 1.165) is 5.56 Å². The van der Waals surface area contributed by atoms with E-state index >= 15 is 0 Å². The second kappa shape index (κ2) is 7.36. The summed E-state index contributed by atoms with van der Waals surface area (Å²) in [4.78, 5) is 36.1. The van der Waals surface area contributed by atoms with Crippen LogP contribution in [0.5, 0.6) is 0 Å². The Labute approximate surface area is 134 Å². The van der Waals surface area contributed by atoms with Crippen molar-refractivity contribution >= 4 is 29.5 Å². The van der Waals surface area contributed by atoms with Crippen molar-refractivity contribution in [1.82, 2.24) is 20.6 Å². The van der Waals surface area contributed by atoms with E-state index in [1.54, 1.807) is 24.3 Å². The zero-order valence-electron chi connectivity index (χ0n) is 12.0. The molecule has 9 nitrogen and oxygen atoms in total. The Morgan fingerprint density at radius 2 is 2.04 bits per heavy atom. The van der Waals surface area contributed by atoms with Crippen molar-refractivity contribution in [1.29, 1.82) is 0 Å². The summed E-state index contributed by atoms with van der Waals surface area (Å²) in [5, 5.41) is 12.5. The van der Waals surface area contributed by atoms with Gasteiger partial charge in [0.15, 0.2) is 0 Å². The van der Waals surface area contributed by atoms with Gasteiger partial charge in [0.25, 0.3) is 11.5 Å². The number of rotatable bonds is 5. The lowest BCUT2D eigenvalue weighted by Gasteiger charge is -2.11. The Morgan fingerprint density at radius 3 is 2.70 bits per heavy atom. The van der Waals surface area contributed by atoms with Crippen molar-refractivity contribution in [2.45, 2.75) is 13.0 Å². The van der Waals surface area contributed by atoms with Crippen LogP contribution in [0.3, 0.4) is 0 Å². The quantitative estimate of drug-likeness (QED) is 0.453. The normalized spacial score (nSPS) is 12.1. The number of aromatic amines is 2. The molecule has 1 amide bonds. The maximum Gasteiger partial charge on any atom is 0.342 e. The molecule has 0 aliphatic rings. The van der Waals surface area contributed by atoms with E-state index in [1.165, 1.54) is 13.1 Å². The maximum absolute atomic E-state index is 11.8. The van der Waals surface area contributed by atoms with Gasteiger partial charge in [0.1, 0.15) is 6.04 Å². The van der Waals surface area contributed by atoms with Crippen LogP contribution >= 0.6 is 11.6 Å². The average molecular weight is 337 g/mol. The number of hydrazone groups is 1. The number of aromatic nitrogens is 3. The summed E-state index contributed by atoms with van der Waals surface area (Å²) in [6.07, 6.45) is 1.45. The smallest absolute Gasteiger partial charge is 0.342 e. The summed E-state index contributed by atoms with van der Waals surface area (Å²) in [6, 6.07) is 6.08. The topological polar surface area (TPSA) is 132 Å². The monoisotopic (exact) mass is 336 g/mol. The molecule has 4 N–H and O–H groups in total. The summed E-state index contributed by atoms with van der Waals surface area (Å²) in [5.74, 6) is -0.656. The molecule has 1 atom stereocenters. The number of nitrogens with zero attached hydrogens (tertiary/aromatic N) is 2. The molecule has 0 spiro atoms. The highest BCUT2D eigenvalue weighted by Gasteiger charge is 2.14. The van der Waals surface area contributed by atoms with Crippen LogP contribution < -0.4 is 22.0 Å². The molecule has 0 saturated heterocycles. The van der Waals surface area contributed by atoms with E-state index in [4.69, 9.17) is 11.6 Å². The molecule has 1 heterocycles. The fraction of sp³-hybridized carbons (Fsp3) is 0.154. The number of halogens is 1. The van der Waals surface area contributed by atoms with Crippen molar-refractivity contribution in [2.24, 2.45) is 5.10 Å². The van der Waals surface area contributed by atoms with Crippen LogP contribution in [-0.2, 0) is 4.79 Å². The lowest BCUT2D eigenvalue weighted by Crippen LogP contribution is -2.38. The average Bonchev–Trinajstić information content (AvgIpc) is 2.51. The van der Waals surface area contributed by atoms with Gasteiger partial charge in [-0.15, -0.1) is 5.10 Å². The highest BCUT2D eigenvalue weighted by Crippen LogP contribution is 2.07. The van der Waals surface area contributed by atoms with Crippen LogP contribution in [0, 0.1) is 0 Å². The van der Waals surface area contributed by atoms with Crippen molar-refractivity contribution < 1.29 is 4.79 Å². The summed E-state index contributed by atoms with van der Waals surface area (Å²) in [7, 11) is 0. The molecule has 2 rings (SSSR count). The molecule has 0 unspecified atom stereocenters. The number of H-pyrrole nitrogens is 2. The molecular formula is C13H13ClN6O3. The van der Waals surface area contributed by atoms with E-state index in [-0.39, 0.29) is 5.82 Å². The highest BCUT2D eigenvalue weighted by atomic mass is 35.5. The lowest BCUT2D eigenvalue weighted by molar-refractivity contribution is -0.121. The number of carbonyl (C=O) groups excluding carboxylic acids is 1. The third-order valence-electron chi connectivity index (χ3n) is 2.72. The molecule has 0 aliphatic heterocycles. The number of benzene rings is 1. The minimum absolute atomic E-state index is 0.172. The minimum atomic E-state index is -0.795. The molecule has 0 bridgehead atoms. The first kappa shape index (κ1) is 16.4. The Balaban J connectivity index is 1.93. The van der Waals surface area contributed by atoms with Gasteiger partial charge >= 0.3 is 5.69 Å². The SMILES string of the molecule is C[C@H](Nc1n[nH]c(=O)[nH]c1=O)C(=O)N/N=C\c1ccc(Cl)cc1. The van der Waals surface area contributed by atoms with Crippen LogP contribution in [0.2, 0.25) is 5.02 Å². The molecule has 120 valence electrons. The molecular weight excluding hydrogens is 324 g/mol. The van der Waals surface area contributed by atoms with Gasteiger partial charge in [-0.3, -0.25) is 14.6 Å². The maximum atomic E-state index is 11.8. The first-order chi connectivity index (χ1) is 11.0. The zero-order chi connectivity index (χ0) is 16.8. The predicted molar refractivity (Wildman–Crippen MR) is 85.8 cm³/mol. The first-order valence-corrected chi connectivity index (χ1v) is 6.87. The third kappa shape index (κ3) is 4.78. The third-order valence-corrected chi connectivity index (χ3v) is 2.97. The van der Waals surface area contributed by atoms with Crippen LogP contribution in [0.1, 0.15) is 12.5 Å². The second-order valence-electron chi connectivity index (χ2n) is 4.51.